The minimum absolute atomic E-state index is 0.0241. The molecule has 1 amide bonds. The number of amides is 1. The summed E-state index contributed by atoms with van der Waals surface area (Å²) in [6.07, 6.45) is 0. The van der Waals surface area contributed by atoms with Crippen LogP contribution in [0, 0.1) is 27.8 Å². The molecule has 0 saturated carbocycles. The molecule has 1 fully saturated rings. The Morgan fingerprint density at radius 1 is 1.03 bits per heavy atom. The van der Waals surface area contributed by atoms with Crippen molar-refractivity contribution in [2.45, 2.75) is 26.3 Å². The monoisotopic (exact) mass is 489 g/mol. The topological polar surface area (TPSA) is 66.7 Å². The highest BCUT2D eigenvalue weighted by molar-refractivity contribution is 5.94. The third-order valence-corrected chi connectivity index (χ3v) is 6.72. The highest BCUT2D eigenvalue weighted by atomic mass is 19.1. The van der Waals surface area contributed by atoms with Crippen LogP contribution in [0.4, 0.5) is 10.1 Å². The zero-order valence-corrected chi connectivity index (χ0v) is 20.7. The molecule has 188 valence electrons. The van der Waals surface area contributed by atoms with Crippen molar-refractivity contribution in [3.63, 3.8) is 0 Å². The molecule has 3 aromatic rings. The molecular formula is C29H32FN3O3. The van der Waals surface area contributed by atoms with Crippen molar-refractivity contribution in [2.75, 3.05) is 26.2 Å². The molecule has 1 saturated heterocycles. The van der Waals surface area contributed by atoms with Gasteiger partial charge in [0.05, 0.1) is 4.92 Å². The summed E-state index contributed by atoms with van der Waals surface area (Å²) >= 11 is 0. The summed E-state index contributed by atoms with van der Waals surface area (Å²) in [4.78, 5) is 28.3. The predicted octanol–water partition coefficient (Wildman–Crippen LogP) is 5.75. The summed E-state index contributed by atoms with van der Waals surface area (Å²) in [7, 11) is 0. The molecule has 1 aliphatic rings. The Labute approximate surface area is 211 Å². The van der Waals surface area contributed by atoms with Gasteiger partial charge >= 0.3 is 0 Å². The van der Waals surface area contributed by atoms with Gasteiger partial charge in [-0.2, -0.15) is 0 Å². The molecule has 0 aliphatic carbocycles. The standard InChI is InChI=1S/C29H32FN3O3/c1-21(2)16-32(29(34)24-6-4-3-5-7-24)19-25-18-31(17-22-8-14-27(15-9-22)33(35)36)20-28(25)23-10-12-26(30)13-11-23/h3-15,21,25,28H,16-20H2,1-2H3. The van der Waals surface area contributed by atoms with Gasteiger partial charge in [-0.3, -0.25) is 19.8 Å². The number of nitrogens with zero attached hydrogens (tertiary/aromatic N) is 3. The maximum atomic E-state index is 13.7. The van der Waals surface area contributed by atoms with Gasteiger partial charge in [0.25, 0.3) is 11.6 Å². The normalized spacial score (nSPS) is 17.9. The van der Waals surface area contributed by atoms with Gasteiger partial charge in [-0.1, -0.05) is 56.3 Å². The van der Waals surface area contributed by atoms with E-state index < -0.39 is 4.92 Å². The van der Waals surface area contributed by atoms with E-state index >= 15 is 0 Å². The molecule has 2 atom stereocenters. The molecule has 1 aliphatic heterocycles. The molecule has 2 unspecified atom stereocenters. The Morgan fingerprint density at radius 2 is 1.69 bits per heavy atom. The zero-order valence-electron chi connectivity index (χ0n) is 20.7. The first-order chi connectivity index (χ1) is 17.3. The molecule has 3 aromatic carbocycles. The molecule has 0 spiro atoms. The number of halogens is 1. The average molecular weight is 490 g/mol. The van der Waals surface area contributed by atoms with E-state index in [1.165, 1.54) is 24.3 Å². The van der Waals surface area contributed by atoms with Crippen molar-refractivity contribution in [3.8, 4) is 0 Å². The minimum Gasteiger partial charge on any atom is -0.338 e. The Balaban J connectivity index is 1.56. The molecule has 0 bridgehead atoms. The summed E-state index contributed by atoms with van der Waals surface area (Å²) in [5.74, 6) is 0.383. The number of nitro groups is 1. The van der Waals surface area contributed by atoms with Gasteiger partial charge in [-0.05, 0) is 47.2 Å². The van der Waals surface area contributed by atoms with Crippen LogP contribution in [0.1, 0.15) is 41.3 Å². The number of hydrogen-bond donors (Lipinski definition) is 0. The van der Waals surface area contributed by atoms with Crippen LogP contribution in [0.5, 0.6) is 0 Å². The van der Waals surface area contributed by atoms with E-state index in [0.29, 0.717) is 31.1 Å². The Bertz CT molecular complexity index is 1170. The van der Waals surface area contributed by atoms with Crippen molar-refractivity contribution < 1.29 is 14.1 Å². The van der Waals surface area contributed by atoms with Crippen molar-refractivity contribution in [1.29, 1.82) is 0 Å². The fraction of sp³-hybridized carbons (Fsp3) is 0.345. The lowest BCUT2D eigenvalue weighted by atomic mass is 9.88. The SMILES string of the molecule is CC(C)CN(CC1CN(Cc2ccc([N+](=O)[O-])cc2)CC1c1ccc(F)cc1)C(=O)c1ccccc1. The lowest BCUT2D eigenvalue weighted by Gasteiger charge is -2.30. The summed E-state index contributed by atoms with van der Waals surface area (Å²) in [6, 6.07) is 22.7. The van der Waals surface area contributed by atoms with Crippen LogP contribution in [0.3, 0.4) is 0 Å². The summed E-state index contributed by atoms with van der Waals surface area (Å²) in [6.45, 7) is 7.67. The number of carbonyl (C=O) groups is 1. The summed E-state index contributed by atoms with van der Waals surface area (Å²) < 4.78 is 13.7. The smallest absolute Gasteiger partial charge is 0.269 e. The third-order valence-electron chi connectivity index (χ3n) is 6.72. The van der Waals surface area contributed by atoms with Crippen LogP contribution in [0.2, 0.25) is 0 Å². The quantitative estimate of drug-likeness (QED) is 0.284. The van der Waals surface area contributed by atoms with Crippen LogP contribution in [0.15, 0.2) is 78.9 Å². The van der Waals surface area contributed by atoms with E-state index in [0.717, 1.165) is 24.2 Å². The maximum Gasteiger partial charge on any atom is 0.269 e. The highest BCUT2D eigenvalue weighted by Gasteiger charge is 2.36. The second-order valence-corrected chi connectivity index (χ2v) is 10.0. The van der Waals surface area contributed by atoms with Crippen molar-refractivity contribution in [2.24, 2.45) is 11.8 Å². The second-order valence-electron chi connectivity index (χ2n) is 10.0. The zero-order chi connectivity index (χ0) is 25.7. The lowest BCUT2D eigenvalue weighted by molar-refractivity contribution is -0.384. The van der Waals surface area contributed by atoms with Crippen molar-refractivity contribution in [1.82, 2.24) is 9.80 Å². The van der Waals surface area contributed by atoms with E-state index in [1.54, 1.807) is 12.1 Å². The van der Waals surface area contributed by atoms with E-state index in [1.807, 2.05) is 47.4 Å². The molecule has 36 heavy (non-hydrogen) atoms. The molecule has 6 nitrogen and oxygen atoms in total. The van der Waals surface area contributed by atoms with Crippen LogP contribution >= 0.6 is 0 Å². The van der Waals surface area contributed by atoms with Crippen LogP contribution in [0.25, 0.3) is 0 Å². The van der Waals surface area contributed by atoms with Crippen molar-refractivity contribution in [3.05, 3.63) is 111 Å². The van der Waals surface area contributed by atoms with Gasteiger partial charge in [0.1, 0.15) is 5.82 Å². The summed E-state index contributed by atoms with van der Waals surface area (Å²) in [5.41, 5.74) is 2.81. The molecule has 7 heteroatoms. The minimum atomic E-state index is -0.396. The Kier molecular flexibility index (Phi) is 8.10. The third kappa shape index (κ3) is 6.34. The first kappa shape index (κ1) is 25.5. The molecule has 4 rings (SSSR count). The van der Waals surface area contributed by atoms with Gasteiger partial charge in [-0.15, -0.1) is 0 Å². The Morgan fingerprint density at radius 3 is 2.31 bits per heavy atom. The number of benzene rings is 3. The fourth-order valence-electron chi connectivity index (χ4n) is 5.07. The van der Waals surface area contributed by atoms with Crippen LogP contribution in [-0.2, 0) is 6.54 Å². The number of non-ortho nitro benzene ring substituents is 1. The predicted molar refractivity (Wildman–Crippen MR) is 138 cm³/mol. The number of rotatable bonds is 9. The van der Waals surface area contributed by atoms with Crippen molar-refractivity contribution >= 4 is 11.6 Å². The fourth-order valence-corrected chi connectivity index (χ4v) is 5.07. The summed E-state index contributed by atoms with van der Waals surface area (Å²) in [5, 5.41) is 11.0. The Hall–Kier alpha value is -3.58. The van der Waals surface area contributed by atoms with E-state index in [9.17, 15) is 19.3 Å². The first-order valence-corrected chi connectivity index (χ1v) is 12.4. The molecular weight excluding hydrogens is 457 g/mol. The largest absolute Gasteiger partial charge is 0.338 e. The molecule has 0 aromatic heterocycles. The number of carbonyl (C=O) groups excluding carboxylic acids is 1. The molecule has 0 N–H and O–H groups in total. The van der Waals surface area contributed by atoms with E-state index in [-0.39, 0.29) is 29.2 Å². The van der Waals surface area contributed by atoms with Crippen LogP contribution < -0.4 is 0 Å². The van der Waals surface area contributed by atoms with Gasteiger partial charge < -0.3 is 4.90 Å². The highest BCUT2D eigenvalue weighted by Crippen LogP contribution is 2.35. The van der Waals surface area contributed by atoms with Gasteiger partial charge in [0.2, 0.25) is 0 Å². The number of nitro benzene ring substituents is 1. The second kappa shape index (κ2) is 11.4. The van der Waals surface area contributed by atoms with Crippen LogP contribution in [-0.4, -0.2) is 46.8 Å². The first-order valence-electron chi connectivity index (χ1n) is 12.4. The average Bonchev–Trinajstić information content (AvgIpc) is 3.26. The van der Waals surface area contributed by atoms with Gasteiger partial charge in [-0.25, -0.2) is 4.39 Å². The number of likely N-dealkylation sites (tertiary alicyclic amines) is 1. The number of hydrogen-bond acceptors (Lipinski definition) is 4. The van der Waals surface area contributed by atoms with Gasteiger partial charge in [0, 0.05) is 56.3 Å². The molecule has 0 radical (unpaired) electrons. The van der Waals surface area contributed by atoms with E-state index in [2.05, 4.69) is 18.7 Å². The van der Waals surface area contributed by atoms with E-state index in [4.69, 9.17) is 0 Å². The maximum absolute atomic E-state index is 13.7. The lowest BCUT2D eigenvalue weighted by Crippen LogP contribution is -2.39. The van der Waals surface area contributed by atoms with Gasteiger partial charge in [0.15, 0.2) is 0 Å². The molecule has 1 heterocycles.